The van der Waals surface area contributed by atoms with Crippen molar-refractivity contribution in [3.63, 3.8) is 0 Å². The van der Waals surface area contributed by atoms with Gasteiger partial charge in [-0.1, -0.05) is 72.3 Å². The van der Waals surface area contributed by atoms with Crippen molar-refractivity contribution in [3.8, 4) is 0 Å². The van der Waals surface area contributed by atoms with E-state index >= 15 is 0 Å². The number of nitrogens with zero attached hydrogens (tertiary/aromatic N) is 1. The average molecular weight is 404 g/mol. The summed E-state index contributed by atoms with van der Waals surface area (Å²) in [6, 6.07) is 19.4. The van der Waals surface area contributed by atoms with E-state index in [9.17, 15) is 4.79 Å². The molecule has 1 fully saturated rings. The summed E-state index contributed by atoms with van der Waals surface area (Å²) >= 11 is 6.43. The minimum atomic E-state index is -0.660. The van der Waals surface area contributed by atoms with Crippen molar-refractivity contribution >= 4 is 17.5 Å². The van der Waals surface area contributed by atoms with Gasteiger partial charge in [0.2, 0.25) is 5.91 Å². The highest BCUT2D eigenvalue weighted by Gasteiger charge is 2.44. The van der Waals surface area contributed by atoms with Gasteiger partial charge < -0.3 is 19.1 Å². The van der Waals surface area contributed by atoms with Crippen LogP contribution in [0.25, 0.3) is 0 Å². The van der Waals surface area contributed by atoms with Crippen LogP contribution in [0.3, 0.4) is 0 Å². The number of ether oxygens (including phenoxy) is 3. The van der Waals surface area contributed by atoms with Crippen LogP contribution in [0.2, 0.25) is 0 Å². The summed E-state index contributed by atoms with van der Waals surface area (Å²) in [5.41, 5.74) is 1.43. The highest BCUT2D eigenvalue weighted by atomic mass is 35.5. The molecule has 1 aliphatic heterocycles. The number of rotatable bonds is 7. The van der Waals surface area contributed by atoms with E-state index in [0.29, 0.717) is 19.8 Å². The van der Waals surface area contributed by atoms with Gasteiger partial charge in [0.15, 0.2) is 5.56 Å². The zero-order valence-corrected chi connectivity index (χ0v) is 16.9. The predicted molar refractivity (Wildman–Crippen MR) is 108 cm³/mol. The number of hydrogen-bond donors (Lipinski definition) is 0. The quantitative estimate of drug-likeness (QED) is 0.663. The van der Waals surface area contributed by atoms with Crippen LogP contribution in [0.1, 0.15) is 18.1 Å². The second-order valence-electron chi connectivity index (χ2n) is 6.90. The molecule has 1 amide bonds. The Hall–Kier alpha value is -1.92. The van der Waals surface area contributed by atoms with Crippen LogP contribution in [-0.4, -0.2) is 48.3 Å². The molecule has 0 spiro atoms. The second-order valence-corrected chi connectivity index (χ2v) is 7.33. The number of alkyl halides is 1. The van der Waals surface area contributed by atoms with Crippen molar-refractivity contribution in [1.82, 2.24) is 4.90 Å². The second kappa shape index (κ2) is 10.0. The Bertz CT molecular complexity index is 743. The van der Waals surface area contributed by atoms with Crippen LogP contribution in [0.15, 0.2) is 60.7 Å². The normalized spacial score (nSPS) is 24.7. The fraction of sp³-hybridized carbons (Fsp3) is 0.409. The lowest BCUT2D eigenvalue weighted by molar-refractivity contribution is -0.186. The molecule has 5 nitrogen and oxygen atoms in total. The SMILES string of the molecule is CC(=O)N(C)[C@@H]1[C@@H](OCc2ccccc2)[C@@H](Cl)OC[C@H]1OCc1ccccc1. The van der Waals surface area contributed by atoms with Crippen LogP contribution in [0.4, 0.5) is 0 Å². The van der Waals surface area contributed by atoms with Crippen molar-refractivity contribution in [3.05, 3.63) is 71.8 Å². The molecule has 0 saturated carbocycles. The summed E-state index contributed by atoms with van der Waals surface area (Å²) in [6.45, 7) is 2.64. The maximum Gasteiger partial charge on any atom is 0.219 e. The highest BCUT2D eigenvalue weighted by molar-refractivity contribution is 6.20. The molecule has 4 atom stereocenters. The molecule has 0 N–H and O–H groups in total. The molecule has 0 bridgehead atoms. The monoisotopic (exact) mass is 403 g/mol. The summed E-state index contributed by atoms with van der Waals surface area (Å²) in [5.74, 6) is -0.0719. The van der Waals surface area contributed by atoms with E-state index in [1.54, 1.807) is 11.9 Å². The zero-order valence-electron chi connectivity index (χ0n) is 16.2. The number of halogens is 1. The summed E-state index contributed by atoms with van der Waals surface area (Å²) < 4.78 is 18.0. The Balaban J connectivity index is 1.73. The molecule has 150 valence electrons. The Morgan fingerprint density at radius 1 is 1.04 bits per heavy atom. The number of carbonyl (C=O) groups excluding carboxylic acids is 1. The third kappa shape index (κ3) is 5.32. The van der Waals surface area contributed by atoms with Crippen molar-refractivity contribution in [2.75, 3.05) is 13.7 Å². The molecular formula is C22H26ClNO4. The Morgan fingerprint density at radius 3 is 2.11 bits per heavy atom. The van der Waals surface area contributed by atoms with Gasteiger partial charge in [0.25, 0.3) is 0 Å². The van der Waals surface area contributed by atoms with Gasteiger partial charge in [-0.2, -0.15) is 0 Å². The third-order valence-corrected chi connectivity index (χ3v) is 5.31. The van der Waals surface area contributed by atoms with Crippen molar-refractivity contribution < 1.29 is 19.0 Å². The molecule has 0 unspecified atom stereocenters. The van der Waals surface area contributed by atoms with Crippen LogP contribution in [0, 0.1) is 0 Å². The molecule has 2 aromatic carbocycles. The lowest BCUT2D eigenvalue weighted by Crippen LogP contribution is -2.60. The molecule has 0 aromatic heterocycles. The van der Waals surface area contributed by atoms with E-state index in [0.717, 1.165) is 11.1 Å². The van der Waals surface area contributed by atoms with Gasteiger partial charge in [0.05, 0.1) is 25.9 Å². The van der Waals surface area contributed by atoms with E-state index in [4.69, 9.17) is 25.8 Å². The lowest BCUT2D eigenvalue weighted by Gasteiger charge is -2.44. The smallest absolute Gasteiger partial charge is 0.219 e. The Labute approximate surface area is 171 Å². The predicted octanol–water partition coefficient (Wildman–Crippen LogP) is 3.60. The molecule has 6 heteroatoms. The van der Waals surface area contributed by atoms with Gasteiger partial charge in [0.1, 0.15) is 12.2 Å². The van der Waals surface area contributed by atoms with E-state index in [1.165, 1.54) is 6.92 Å². The van der Waals surface area contributed by atoms with Crippen LogP contribution >= 0.6 is 11.6 Å². The first-order valence-corrected chi connectivity index (χ1v) is 9.80. The minimum Gasteiger partial charge on any atom is -0.369 e. The average Bonchev–Trinajstić information content (AvgIpc) is 2.72. The summed E-state index contributed by atoms with van der Waals surface area (Å²) in [7, 11) is 1.75. The maximum atomic E-state index is 12.1. The zero-order chi connectivity index (χ0) is 19.9. The highest BCUT2D eigenvalue weighted by Crippen LogP contribution is 2.28. The third-order valence-electron chi connectivity index (χ3n) is 4.93. The van der Waals surface area contributed by atoms with Gasteiger partial charge in [-0.15, -0.1) is 0 Å². The molecule has 3 rings (SSSR count). The first-order valence-electron chi connectivity index (χ1n) is 9.36. The van der Waals surface area contributed by atoms with E-state index in [2.05, 4.69) is 0 Å². The van der Waals surface area contributed by atoms with E-state index in [-0.39, 0.29) is 18.1 Å². The van der Waals surface area contributed by atoms with Gasteiger partial charge in [-0.3, -0.25) is 4.79 Å². The van der Waals surface area contributed by atoms with Crippen molar-refractivity contribution in [2.45, 2.75) is 44.0 Å². The lowest BCUT2D eigenvalue weighted by atomic mass is 10.0. The Kier molecular flexibility index (Phi) is 7.45. The minimum absolute atomic E-state index is 0.0719. The van der Waals surface area contributed by atoms with Gasteiger partial charge in [-0.05, 0) is 11.1 Å². The number of benzene rings is 2. The molecule has 1 saturated heterocycles. The number of likely N-dealkylation sites (N-methyl/N-ethyl adjacent to an activating group) is 1. The molecule has 1 aliphatic rings. The van der Waals surface area contributed by atoms with Gasteiger partial charge in [-0.25, -0.2) is 0 Å². The summed E-state index contributed by atoms with van der Waals surface area (Å²) in [5, 5.41) is 0. The number of carbonyl (C=O) groups is 1. The van der Waals surface area contributed by atoms with E-state index in [1.807, 2.05) is 60.7 Å². The summed E-state index contributed by atoms with van der Waals surface area (Å²) in [4.78, 5) is 13.8. The maximum absolute atomic E-state index is 12.1. The first-order chi connectivity index (χ1) is 13.6. The van der Waals surface area contributed by atoms with Crippen molar-refractivity contribution in [2.24, 2.45) is 0 Å². The first kappa shape index (κ1) is 20.8. The topological polar surface area (TPSA) is 48.0 Å². The molecule has 0 aliphatic carbocycles. The Morgan fingerprint density at radius 2 is 1.57 bits per heavy atom. The molecule has 28 heavy (non-hydrogen) atoms. The molecule has 2 aromatic rings. The van der Waals surface area contributed by atoms with Gasteiger partial charge >= 0.3 is 0 Å². The fourth-order valence-corrected chi connectivity index (χ4v) is 3.59. The number of amides is 1. The largest absolute Gasteiger partial charge is 0.369 e. The van der Waals surface area contributed by atoms with E-state index < -0.39 is 11.7 Å². The van der Waals surface area contributed by atoms with Crippen LogP contribution in [-0.2, 0) is 32.2 Å². The molecular weight excluding hydrogens is 378 g/mol. The number of hydrogen-bond acceptors (Lipinski definition) is 4. The molecule has 1 heterocycles. The van der Waals surface area contributed by atoms with Crippen molar-refractivity contribution in [1.29, 1.82) is 0 Å². The summed E-state index contributed by atoms with van der Waals surface area (Å²) in [6.07, 6.45) is -0.852. The molecule has 0 radical (unpaired) electrons. The fourth-order valence-electron chi connectivity index (χ4n) is 3.29. The van der Waals surface area contributed by atoms with Gasteiger partial charge in [0, 0.05) is 14.0 Å². The standard InChI is InChI=1S/C22H26ClNO4/c1-16(25)24(2)20-19(26-13-17-9-5-3-6-10-17)15-28-22(23)21(20)27-14-18-11-7-4-8-12-18/h3-12,19-22H,13-15H2,1-2H3/t19-,20+,21-,22+/m1/s1. The van der Waals surface area contributed by atoms with Crippen LogP contribution < -0.4 is 0 Å². The van der Waals surface area contributed by atoms with Crippen LogP contribution in [0.5, 0.6) is 0 Å².